The van der Waals surface area contributed by atoms with Crippen molar-refractivity contribution in [1.29, 1.82) is 0 Å². The maximum Gasteiger partial charge on any atom is 0.264 e. The summed E-state index contributed by atoms with van der Waals surface area (Å²) in [7, 11) is -4.19. The number of benzene rings is 4. The van der Waals surface area contributed by atoms with Gasteiger partial charge < -0.3 is 10.2 Å². The monoisotopic (exact) mass is 629 g/mol. The molecule has 45 heavy (non-hydrogen) atoms. The molecule has 236 valence electrons. The Bertz CT molecular complexity index is 1700. The number of amides is 2. The van der Waals surface area contributed by atoms with Crippen molar-refractivity contribution in [3.8, 4) is 0 Å². The Hall–Kier alpha value is -4.50. The van der Waals surface area contributed by atoms with Crippen LogP contribution in [0.5, 0.6) is 0 Å². The number of rotatable bonds is 13. The zero-order valence-corrected chi connectivity index (χ0v) is 26.9. The molecule has 7 nitrogen and oxygen atoms in total. The van der Waals surface area contributed by atoms with Gasteiger partial charge in [-0.15, -0.1) is 0 Å². The third-order valence-electron chi connectivity index (χ3n) is 7.77. The van der Waals surface area contributed by atoms with Gasteiger partial charge in [0.1, 0.15) is 18.4 Å². The van der Waals surface area contributed by atoms with Crippen LogP contribution in [0.3, 0.4) is 0 Å². The van der Waals surface area contributed by atoms with E-state index < -0.39 is 34.3 Å². The molecule has 0 aromatic heterocycles. The predicted octanol–water partition coefficient (Wildman–Crippen LogP) is 6.19. The van der Waals surface area contributed by atoms with Crippen LogP contribution in [-0.4, -0.2) is 43.8 Å². The Morgan fingerprint density at radius 3 is 2.07 bits per heavy atom. The van der Waals surface area contributed by atoms with Crippen molar-refractivity contribution < 1.29 is 22.4 Å². The smallest absolute Gasteiger partial charge is 0.264 e. The number of aryl methyl sites for hydroxylation is 2. The average Bonchev–Trinajstić information content (AvgIpc) is 3.03. The molecule has 4 aromatic rings. The first-order valence-electron chi connectivity index (χ1n) is 15.0. The second-order valence-corrected chi connectivity index (χ2v) is 13.1. The Morgan fingerprint density at radius 2 is 1.47 bits per heavy atom. The standard InChI is InChI=1S/C36H40FN3O4S/c1-5-28(4)38-36(42)34(23-29-12-8-6-9-13-29)39(24-30-17-19-31(37)20-18-30)35(41)25-40(33-21-16-26(2)22-27(33)3)45(43,44)32-14-10-7-11-15-32/h6-22,28,34H,5,23-25H2,1-4H3,(H,38,42)/t28-,34-/m0/s1. The Morgan fingerprint density at radius 1 is 0.844 bits per heavy atom. The molecular weight excluding hydrogens is 589 g/mol. The highest BCUT2D eigenvalue weighted by molar-refractivity contribution is 7.92. The third kappa shape index (κ3) is 8.57. The van der Waals surface area contributed by atoms with E-state index in [-0.39, 0.29) is 29.8 Å². The molecule has 0 radical (unpaired) electrons. The SMILES string of the molecule is CC[C@H](C)NC(=O)[C@H](Cc1ccccc1)N(Cc1ccc(F)cc1)C(=O)CN(c1ccc(C)cc1C)S(=O)(=O)c1ccccc1. The molecule has 0 unspecified atom stereocenters. The number of carbonyl (C=O) groups excluding carboxylic acids is 2. The average molecular weight is 630 g/mol. The third-order valence-corrected chi connectivity index (χ3v) is 9.54. The molecule has 1 N–H and O–H groups in total. The van der Waals surface area contributed by atoms with Gasteiger partial charge in [0, 0.05) is 19.0 Å². The lowest BCUT2D eigenvalue weighted by molar-refractivity contribution is -0.140. The molecule has 0 aliphatic carbocycles. The van der Waals surface area contributed by atoms with Gasteiger partial charge in [0.2, 0.25) is 11.8 Å². The van der Waals surface area contributed by atoms with Gasteiger partial charge >= 0.3 is 0 Å². The van der Waals surface area contributed by atoms with E-state index in [1.165, 1.54) is 29.2 Å². The van der Waals surface area contributed by atoms with Crippen LogP contribution in [0.15, 0.2) is 108 Å². The van der Waals surface area contributed by atoms with Gasteiger partial charge in [-0.1, -0.05) is 85.3 Å². The normalized spacial score (nSPS) is 12.6. The fourth-order valence-electron chi connectivity index (χ4n) is 5.10. The van der Waals surface area contributed by atoms with E-state index in [4.69, 9.17) is 0 Å². The predicted molar refractivity (Wildman–Crippen MR) is 176 cm³/mol. The van der Waals surface area contributed by atoms with Gasteiger partial charge in [0.15, 0.2) is 0 Å². The fraction of sp³-hybridized carbons (Fsp3) is 0.278. The van der Waals surface area contributed by atoms with E-state index in [0.717, 1.165) is 15.4 Å². The summed E-state index contributed by atoms with van der Waals surface area (Å²) in [5, 5.41) is 3.01. The second kappa shape index (κ2) is 15.0. The van der Waals surface area contributed by atoms with Gasteiger partial charge in [0.05, 0.1) is 10.6 Å². The van der Waals surface area contributed by atoms with Crippen LogP contribution in [0.1, 0.15) is 42.5 Å². The minimum Gasteiger partial charge on any atom is -0.352 e. The van der Waals surface area contributed by atoms with Crippen molar-refractivity contribution in [3.63, 3.8) is 0 Å². The van der Waals surface area contributed by atoms with E-state index >= 15 is 0 Å². The topological polar surface area (TPSA) is 86.8 Å². The Labute approximate surface area is 265 Å². The van der Waals surface area contributed by atoms with Crippen molar-refractivity contribution in [1.82, 2.24) is 10.2 Å². The van der Waals surface area contributed by atoms with E-state index in [1.54, 1.807) is 49.4 Å². The van der Waals surface area contributed by atoms with Gasteiger partial charge in [-0.3, -0.25) is 13.9 Å². The van der Waals surface area contributed by atoms with Crippen LogP contribution in [0.2, 0.25) is 0 Å². The minimum atomic E-state index is -4.19. The quantitative estimate of drug-likeness (QED) is 0.191. The summed E-state index contributed by atoms with van der Waals surface area (Å²) < 4.78 is 43.2. The van der Waals surface area contributed by atoms with E-state index in [2.05, 4.69) is 5.32 Å². The molecule has 0 spiro atoms. The van der Waals surface area contributed by atoms with E-state index in [1.807, 2.05) is 57.2 Å². The molecule has 0 saturated heterocycles. The van der Waals surface area contributed by atoms with Crippen LogP contribution in [0, 0.1) is 19.7 Å². The van der Waals surface area contributed by atoms with E-state index in [9.17, 15) is 22.4 Å². The highest BCUT2D eigenvalue weighted by Gasteiger charge is 2.35. The Balaban J connectivity index is 1.82. The molecule has 0 heterocycles. The first-order chi connectivity index (χ1) is 21.5. The number of anilines is 1. The highest BCUT2D eigenvalue weighted by atomic mass is 32.2. The summed E-state index contributed by atoms with van der Waals surface area (Å²) in [4.78, 5) is 29.8. The summed E-state index contributed by atoms with van der Waals surface area (Å²) in [6.45, 7) is 6.97. The summed E-state index contributed by atoms with van der Waals surface area (Å²) >= 11 is 0. The number of hydrogen-bond donors (Lipinski definition) is 1. The van der Waals surface area contributed by atoms with Crippen LogP contribution in [-0.2, 0) is 32.6 Å². The molecule has 0 fully saturated rings. The lowest BCUT2D eigenvalue weighted by Gasteiger charge is -2.34. The number of nitrogens with zero attached hydrogens (tertiary/aromatic N) is 2. The number of carbonyl (C=O) groups is 2. The summed E-state index contributed by atoms with van der Waals surface area (Å²) in [6, 6.07) is 27.3. The molecule has 0 bridgehead atoms. The van der Waals surface area contributed by atoms with Crippen molar-refractivity contribution in [2.45, 2.75) is 64.1 Å². The van der Waals surface area contributed by atoms with Crippen molar-refractivity contribution in [2.24, 2.45) is 0 Å². The lowest BCUT2D eigenvalue weighted by atomic mass is 10.0. The zero-order chi connectivity index (χ0) is 32.6. The zero-order valence-electron chi connectivity index (χ0n) is 26.1. The number of nitrogens with one attached hydrogen (secondary N) is 1. The highest BCUT2D eigenvalue weighted by Crippen LogP contribution is 2.28. The molecule has 9 heteroatoms. The van der Waals surface area contributed by atoms with Crippen molar-refractivity contribution in [3.05, 3.63) is 131 Å². The molecule has 2 amide bonds. The maximum atomic E-state index is 14.5. The number of hydrogen-bond acceptors (Lipinski definition) is 4. The van der Waals surface area contributed by atoms with Crippen LogP contribution >= 0.6 is 0 Å². The Kier molecular flexibility index (Phi) is 11.1. The van der Waals surface area contributed by atoms with Gasteiger partial charge in [-0.2, -0.15) is 0 Å². The molecule has 0 aliphatic rings. The van der Waals surface area contributed by atoms with E-state index in [0.29, 0.717) is 23.2 Å². The van der Waals surface area contributed by atoms with Crippen LogP contribution < -0.4 is 9.62 Å². The van der Waals surface area contributed by atoms with Gasteiger partial charge in [0.25, 0.3) is 10.0 Å². The molecule has 4 rings (SSSR count). The first-order valence-corrected chi connectivity index (χ1v) is 16.5. The molecule has 4 aromatic carbocycles. The number of halogens is 1. The largest absolute Gasteiger partial charge is 0.352 e. The summed E-state index contributed by atoms with van der Waals surface area (Å²) in [6.07, 6.45) is 0.885. The maximum absolute atomic E-state index is 14.5. The molecule has 0 aliphatic heterocycles. The second-order valence-electron chi connectivity index (χ2n) is 11.3. The fourth-order valence-corrected chi connectivity index (χ4v) is 6.60. The number of sulfonamides is 1. The molecular formula is C36H40FN3O4S. The van der Waals surface area contributed by atoms with Crippen LogP contribution in [0.4, 0.5) is 10.1 Å². The lowest BCUT2D eigenvalue weighted by Crippen LogP contribution is -2.54. The molecule has 0 saturated carbocycles. The summed E-state index contributed by atoms with van der Waals surface area (Å²) in [5.41, 5.74) is 3.43. The summed E-state index contributed by atoms with van der Waals surface area (Å²) in [5.74, 6) is -1.35. The minimum absolute atomic E-state index is 0.0311. The van der Waals surface area contributed by atoms with Gasteiger partial charge in [-0.05, 0) is 74.2 Å². The molecule has 2 atom stereocenters. The van der Waals surface area contributed by atoms with Gasteiger partial charge in [-0.25, -0.2) is 12.8 Å². The van der Waals surface area contributed by atoms with Crippen molar-refractivity contribution >= 4 is 27.5 Å². The van der Waals surface area contributed by atoms with Crippen LogP contribution in [0.25, 0.3) is 0 Å². The first kappa shape index (κ1) is 33.4. The van der Waals surface area contributed by atoms with Crippen molar-refractivity contribution in [2.75, 3.05) is 10.8 Å².